The van der Waals surface area contributed by atoms with Crippen LogP contribution in [0.3, 0.4) is 0 Å². The Kier molecular flexibility index (Phi) is 5.22. The van der Waals surface area contributed by atoms with Gasteiger partial charge in [0.1, 0.15) is 5.75 Å². The Bertz CT molecular complexity index is 1040. The number of Topliss-reactive ketones (excluding diaryl/α,β-unsaturated/α-hetero) is 1. The topological polar surface area (TPSA) is 46.6 Å². The van der Waals surface area contributed by atoms with Gasteiger partial charge < -0.3 is 4.74 Å². The average Bonchev–Trinajstić information content (AvgIpc) is 2.70. The van der Waals surface area contributed by atoms with Gasteiger partial charge in [-0.3, -0.25) is 14.5 Å². The highest BCUT2D eigenvalue weighted by atomic mass is 35.5. The van der Waals surface area contributed by atoms with E-state index in [9.17, 15) is 9.59 Å². The predicted octanol–water partition coefficient (Wildman–Crippen LogP) is 5.49. The van der Waals surface area contributed by atoms with E-state index in [2.05, 4.69) is 0 Å². The van der Waals surface area contributed by atoms with Crippen LogP contribution in [0.5, 0.6) is 5.75 Å². The third-order valence-corrected chi connectivity index (χ3v) is 6.35. The lowest BCUT2D eigenvalue weighted by Crippen LogP contribution is -2.41. The molecule has 2 aromatic carbocycles. The summed E-state index contributed by atoms with van der Waals surface area (Å²) < 4.78 is 5.53. The van der Waals surface area contributed by atoms with Gasteiger partial charge >= 0.3 is 0 Å². The van der Waals surface area contributed by atoms with E-state index in [1.807, 2.05) is 44.2 Å². The van der Waals surface area contributed by atoms with Gasteiger partial charge in [-0.2, -0.15) is 0 Å². The molecule has 1 aliphatic heterocycles. The molecule has 1 heterocycles. The number of hydrogen-bond acceptors (Lipinski definition) is 3. The summed E-state index contributed by atoms with van der Waals surface area (Å²) in [5.74, 6) is 0.462. The maximum Gasteiger partial charge on any atom is 0.232 e. The lowest BCUT2D eigenvalue weighted by atomic mass is 9.76. The van der Waals surface area contributed by atoms with Gasteiger partial charge in [-0.15, -0.1) is 0 Å². The number of rotatable bonds is 3. The Morgan fingerprint density at radius 3 is 2.55 bits per heavy atom. The zero-order valence-electron chi connectivity index (χ0n) is 16.9. The number of halogens is 1. The molecule has 1 unspecified atom stereocenters. The van der Waals surface area contributed by atoms with Crippen molar-refractivity contribution in [2.45, 2.75) is 45.4 Å². The quantitative estimate of drug-likeness (QED) is 0.673. The Morgan fingerprint density at radius 2 is 1.83 bits per heavy atom. The molecule has 0 radical (unpaired) electrons. The third-order valence-electron chi connectivity index (χ3n) is 5.94. The van der Waals surface area contributed by atoms with Crippen LogP contribution >= 0.6 is 11.6 Å². The first-order valence-corrected chi connectivity index (χ1v) is 10.3. The van der Waals surface area contributed by atoms with Crippen molar-refractivity contribution in [3.63, 3.8) is 0 Å². The van der Waals surface area contributed by atoms with E-state index in [-0.39, 0.29) is 24.0 Å². The summed E-state index contributed by atoms with van der Waals surface area (Å²) in [4.78, 5) is 28.1. The predicted molar refractivity (Wildman–Crippen MR) is 115 cm³/mol. The number of ketones is 1. The molecule has 2 aliphatic rings. The maximum atomic E-state index is 13.4. The normalized spacial score (nSPS) is 19.4. The van der Waals surface area contributed by atoms with E-state index >= 15 is 0 Å². The molecular weight excluding hydrogens is 386 g/mol. The molecule has 4 nitrogen and oxygen atoms in total. The highest BCUT2D eigenvalue weighted by Gasteiger charge is 2.40. The van der Waals surface area contributed by atoms with Crippen LogP contribution in [0, 0.1) is 13.8 Å². The van der Waals surface area contributed by atoms with E-state index in [1.165, 1.54) is 0 Å². The lowest BCUT2D eigenvalue weighted by molar-refractivity contribution is -0.119. The van der Waals surface area contributed by atoms with Crippen molar-refractivity contribution in [2.75, 3.05) is 12.0 Å². The van der Waals surface area contributed by atoms with Crippen molar-refractivity contribution in [1.29, 1.82) is 0 Å². The van der Waals surface area contributed by atoms with Crippen molar-refractivity contribution in [3.8, 4) is 5.75 Å². The first-order chi connectivity index (χ1) is 13.9. The number of ether oxygens (including phenoxy) is 1. The van der Waals surface area contributed by atoms with Crippen molar-refractivity contribution in [2.24, 2.45) is 0 Å². The monoisotopic (exact) mass is 409 g/mol. The number of allylic oxidation sites excluding steroid dienone is 2. The Balaban J connectivity index is 1.92. The van der Waals surface area contributed by atoms with Crippen molar-refractivity contribution >= 4 is 29.0 Å². The molecule has 0 fully saturated rings. The number of aryl methyl sites for hydroxylation is 2. The van der Waals surface area contributed by atoms with Gasteiger partial charge in [0.25, 0.3) is 0 Å². The number of amides is 1. The standard InChI is InChI=1S/C24H24ClNO3/c1-14-7-4-5-8-16(14)17-12-23(28)26(19-9-6-10-21(27)24(17)19)20-11-15(2)18(25)13-22(20)29-3/h4-5,7-8,11,13,17H,6,9-10,12H2,1-3H3. The third kappa shape index (κ3) is 3.36. The second-order valence-corrected chi connectivity index (χ2v) is 8.16. The number of hydrogen-bond donors (Lipinski definition) is 0. The smallest absolute Gasteiger partial charge is 0.232 e. The highest BCUT2D eigenvalue weighted by molar-refractivity contribution is 6.31. The molecule has 0 saturated heterocycles. The van der Waals surface area contributed by atoms with E-state index < -0.39 is 0 Å². The summed E-state index contributed by atoms with van der Waals surface area (Å²) in [7, 11) is 1.57. The average molecular weight is 410 g/mol. The molecular formula is C24H24ClNO3. The first-order valence-electron chi connectivity index (χ1n) is 9.91. The zero-order chi connectivity index (χ0) is 20.7. The van der Waals surface area contributed by atoms with Gasteiger partial charge in [0.15, 0.2) is 5.78 Å². The Labute approximate surface area is 176 Å². The fraction of sp³-hybridized carbons (Fsp3) is 0.333. The Morgan fingerprint density at radius 1 is 1.07 bits per heavy atom. The fourth-order valence-corrected chi connectivity index (χ4v) is 4.66. The van der Waals surface area contributed by atoms with E-state index in [0.717, 1.165) is 34.4 Å². The minimum atomic E-state index is -0.192. The molecule has 29 heavy (non-hydrogen) atoms. The summed E-state index contributed by atoms with van der Waals surface area (Å²) in [6.45, 7) is 3.93. The number of carbonyl (C=O) groups is 2. The molecule has 1 aliphatic carbocycles. The number of nitrogens with zero attached hydrogens (tertiary/aromatic N) is 1. The van der Waals surface area contributed by atoms with Crippen LogP contribution in [-0.4, -0.2) is 18.8 Å². The largest absolute Gasteiger partial charge is 0.495 e. The molecule has 1 amide bonds. The molecule has 1 atom stereocenters. The molecule has 0 bridgehead atoms. The molecule has 4 rings (SSSR count). The summed E-state index contributed by atoms with van der Waals surface area (Å²) in [5, 5.41) is 0.585. The SMILES string of the molecule is COc1cc(Cl)c(C)cc1N1C(=O)CC(c2ccccc2C)C2=C1CCCC2=O. The van der Waals surface area contributed by atoms with E-state index in [4.69, 9.17) is 16.3 Å². The zero-order valence-corrected chi connectivity index (χ0v) is 17.7. The van der Waals surface area contributed by atoms with Gasteiger partial charge in [-0.1, -0.05) is 35.9 Å². The first kappa shape index (κ1) is 19.7. The van der Waals surface area contributed by atoms with Crippen LogP contribution < -0.4 is 9.64 Å². The van der Waals surface area contributed by atoms with Crippen molar-refractivity contribution < 1.29 is 14.3 Å². The van der Waals surface area contributed by atoms with Gasteiger partial charge in [0.2, 0.25) is 5.91 Å². The second-order valence-electron chi connectivity index (χ2n) is 7.75. The van der Waals surface area contributed by atoms with Crippen molar-refractivity contribution in [1.82, 2.24) is 0 Å². The van der Waals surface area contributed by atoms with Crippen LogP contribution in [0.25, 0.3) is 0 Å². The van der Waals surface area contributed by atoms with Gasteiger partial charge in [0.05, 0.1) is 12.8 Å². The molecule has 5 heteroatoms. The van der Waals surface area contributed by atoms with Crippen LogP contribution in [0.2, 0.25) is 5.02 Å². The summed E-state index contributed by atoms with van der Waals surface area (Å²) >= 11 is 6.27. The number of methoxy groups -OCH3 is 1. The second kappa shape index (κ2) is 7.68. The summed E-state index contributed by atoms with van der Waals surface area (Å²) in [6, 6.07) is 11.6. The van der Waals surface area contributed by atoms with E-state index in [1.54, 1.807) is 18.1 Å². The minimum Gasteiger partial charge on any atom is -0.495 e. The van der Waals surface area contributed by atoms with Gasteiger partial charge in [0, 0.05) is 41.1 Å². The molecule has 2 aromatic rings. The highest BCUT2D eigenvalue weighted by Crippen LogP contribution is 2.46. The number of benzene rings is 2. The number of carbonyl (C=O) groups excluding carboxylic acids is 2. The van der Waals surface area contributed by atoms with Crippen molar-refractivity contribution in [3.05, 3.63) is 69.4 Å². The maximum absolute atomic E-state index is 13.4. The molecule has 0 N–H and O–H groups in total. The van der Waals surface area contributed by atoms with Gasteiger partial charge in [-0.25, -0.2) is 0 Å². The molecule has 0 aromatic heterocycles. The fourth-order valence-electron chi connectivity index (χ4n) is 4.50. The van der Waals surface area contributed by atoms with Gasteiger partial charge in [-0.05, 0) is 49.4 Å². The lowest BCUT2D eigenvalue weighted by Gasteiger charge is -2.39. The van der Waals surface area contributed by atoms with Crippen LogP contribution in [0.4, 0.5) is 5.69 Å². The summed E-state index contributed by atoms with van der Waals surface area (Å²) in [5.41, 5.74) is 5.27. The number of anilines is 1. The minimum absolute atomic E-state index is 0.0216. The van der Waals surface area contributed by atoms with E-state index in [0.29, 0.717) is 29.3 Å². The van der Waals surface area contributed by atoms with Crippen LogP contribution in [0.15, 0.2) is 47.7 Å². The Hall–Kier alpha value is -2.59. The summed E-state index contributed by atoms with van der Waals surface area (Å²) in [6.07, 6.45) is 2.23. The van der Waals surface area contributed by atoms with Crippen LogP contribution in [0.1, 0.15) is 48.3 Å². The molecule has 0 saturated carbocycles. The molecule has 0 spiro atoms. The molecule has 150 valence electrons. The van der Waals surface area contributed by atoms with Crippen LogP contribution in [-0.2, 0) is 9.59 Å².